The molecule has 1 aromatic rings. The molecule has 124 valence electrons. The summed E-state index contributed by atoms with van der Waals surface area (Å²) in [5, 5.41) is 0. The lowest BCUT2D eigenvalue weighted by Crippen LogP contribution is -2.49. The van der Waals surface area contributed by atoms with Gasteiger partial charge in [-0.1, -0.05) is 22.0 Å². The molecule has 0 N–H and O–H groups in total. The SMILES string of the molecule is O=C1[C@H]2[C@H]3C=C[C@@](C4OCCO4)(O3)[C@H]2C(=O)N1c1ccc(Br)cc1. The average molecular weight is 392 g/mol. The zero-order chi connectivity index (χ0) is 16.5. The van der Waals surface area contributed by atoms with Crippen LogP contribution in [0.3, 0.4) is 0 Å². The number of carbonyl (C=O) groups is 2. The van der Waals surface area contributed by atoms with E-state index in [-0.39, 0.29) is 11.8 Å². The predicted octanol–water partition coefficient (Wildman–Crippen LogP) is 1.63. The molecule has 3 fully saturated rings. The monoisotopic (exact) mass is 391 g/mol. The highest BCUT2D eigenvalue weighted by atomic mass is 79.9. The van der Waals surface area contributed by atoms with E-state index in [1.54, 1.807) is 12.1 Å². The highest BCUT2D eigenvalue weighted by molar-refractivity contribution is 9.10. The van der Waals surface area contributed by atoms with Gasteiger partial charge in [0.1, 0.15) is 0 Å². The normalized spacial score (nSPS) is 37.7. The van der Waals surface area contributed by atoms with Gasteiger partial charge in [0.05, 0.1) is 36.8 Å². The molecule has 1 aromatic carbocycles. The van der Waals surface area contributed by atoms with Crippen molar-refractivity contribution in [1.29, 1.82) is 0 Å². The van der Waals surface area contributed by atoms with Crippen molar-refractivity contribution in [3.05, 3.63) is 40.9 Å². The number of imide groups is 1. The van der Waals surface area contributed by atoms with Gasteiger partial charge in [0.2, 0.25) is 11.8 Å². The van der Waals surface area contributed by atoms with E-state index in [9.17, 15) is 9.59 Å². The van der Waals surface area contributed by atoms with Gasteiger partial charge in [-0.3, -0.25) is 9.59 Å². The van der Waals surface area contributed by atoms with Crippen LogP contribution in [0.4, 0.5) is 5.69 Å². The van der Waals surface area contributed by atoms with Gasteiger partial charge in [0.25, 0.3) is 0 Å². The summed E-state index contributed by atoms with van der Waals surface area (Å²) >= 11 is 3.36. The molecule has 7 heteroatoms. The first kappa shape index (κ1) is 14.8. The zero-order valence-electron chi connectivity index (χ0n) is 12.6. The third-order valence-electron chi connectivity index (χ3n) is 5.15. The van der Waals surface area contributed by atoms with Crippen LogP contribution >= 0.6 is 15.9 Å². The van der Waals surface area contributed by atoms with Gasteiger partial charge in [-0.2, -0.15) is 0 Å². The summed E-state index contributed by atoms with van der Waals surface area (Å²) in [6, 6.07) is 7.14. The van der Waals surface area contributed by atoms with E-state index in [4.69, 9.17) is 14.2 Å². The molecule has 0 aliphatic carbocycles. The molecule has 0 unspecified atom stereocenters. The zero-order valence-corrected chi connectivity index (χ0v) is 14.1. The Morgan fingerprint density at radius 2 is 1.79 bits per heavy atom. The highest BCUT2D eigenvalue weighted by Crippen LogP contribution is 2.55. The molecule has 24 heavy (non-hydrogen) atoms. The van der Waals surface area contributed by atoms with Crippen LogP contribution in [0, 0.1) is 11.8 Å². The Hall–Kier alpha value is -1.54. The predicted molar refractivity (Wildman–Crippen MR) is 86.1 cm³/mol. The summed E-state index contributed by atoms with van der Waals surface area (Å²) in [6.45, 7) is 0.925. The number of amides is 2. The van der Waals surface area contributed by atoms with Crippen molar-refractivity contribution in [3.8, 4) is 0 Å². The van der Waals surface area contributed by atoms with Crippen molar-refractivity contribution in [2.24, 2.45) is 11.8 Å². The van der Waals surface area contributed by atoms with Gasteiger partial charge in [0.15, 0.2) is 11.9 Å². The molecule has 2 bridgehead atoms. The van der Waals surface area contributed by atoms with E-state index in [0.717, 1.165) is 4.47 Å². The van der Waals surface area contributed by atoms with Crippen LogP contribution in [0.25, 0.3) is 0 Å². The Kier molecular flexibility index (Phi) is 3.07. The highest BCUT2D eigenvalue weighted by Gasteiger charge is 2.71. The molecule has 4 aliphatic rings. The van der Waals surface area contributed by atoms with Crippen molar-refractivity contribution in [3.63, 3.8) is 0 Å². The quantitative estimate of drug-likeness (QED) is 0.566. The van der Waals surface area contributed by atoms with Crippen molar-refractivity contribution in [2.45, 2.75) is 18.0 Å². The van der Waals surface area contributed by atoms with Crippen LogP contribution in [0.5, 0.6) is 0 Å². The minimum absolute atomic E-state index is 0.221. The fraction of sp³-hybridized carbons (Fsp3) is 0.412. The van der Waals surface area contributed by atoms with Gasteiger partial charge in [-0.15, -0.1) is 0 Å². The van der Waals surface area contributed by atoms with E-state index in [1.807, 2.05) is 24.3 Å². The summed E-state index contributed by atoms with van der Waals surface area (Å²) in [5.74, 6) is -1.59. The minimum atomic E-state index is -0.997. The number of rotatable bonds is 2. The summed E-state index contributed by atoms with van der Waals surface area (Å²) in [5.41, 5.74) is -0.423. The number of carbonyl (C=O) groups excluding carboxylic acids is 2. The lowest BCUT2D eigenvalue weighted by molar-refractivity contribution is -0.180. The molecule has 0 radical (unpaired) electrons. The van der Waals surface area contributed by atoms with Gasteiger partial charge >= 0.3 is 0 Å². The summed E-state index contributed by atoms with van der Waals surface area (Å²) in [4.78, 5) is 27.3. The molecule has 0 aromatic heterocycles. The number of ether oxygens (including phenoxy) is 3. The maximum atomic E-state index is 13.1. The molecule has 6 nitrogen and oxygen atoms in total. The Balaban J connectivity index is 1.56. The molecule has 5 rings (SSSR count). The Bertz CT molecular complexity index is 757. The second-order valence-corrected chi connectivity index (χ2v) is 7.28. The molecule has 4 heterocycles. The van der Waals surface area contributed by atoms with Crippen LogP contribution in [-0.4, -0.2) is 43.0 Å². The maximum Gasteiger partial charge on any atom is 0.241 e. The number of hydrogen-bond acceptors (Lipinski definition) is 5. The fourth-order valence-electron chi connectivity index (χ4n) is 4.17. The molecule has 4 atom stereocenters. The second-order valence-electron chi connectivity index (χ2n) is 6.36. The molecule has 4 aliphatic heterocycles. The number of benzene rings is 1. The molecule has 3 saturated heterocycles. The number of halogens is 1. The Labute approximate surface area is 146 Å². The maximum absolute atomic E-state index is 13.1. The van der Waals surface area contributed by atoms with Crippen molar-refractivity contribution in [2.75, 3.05) is 18.1 Å². The number of anilines is 1. The second kappa shape index (κ2) is 4.98. The summed E-state index contributed by atoms with van der Waals surface area (Å²) < 4.78 is 18.1. The van der Waals surface area contributed by atoms with E-state index in [0.29, 0.717) is 18.9 Å². The molecule has 0 spiro atoms. The van der Waals surface area contributed by atoms with Crippen LogP contribution in [0.15, 0.2) is 40.9 Å². The van der Waals surface area contributed by atoms with Crippen LogP contribution < -0.4 is 4.90 Å². The van der Waals surface area contributed by atoms with Gasteiger partial charge in [-0.05, 0) is 30.3 Å². The number of fused-ring (bicyclic) bond motifs is 5. The molecule has 0 saturated carbocycles. The average Bonchev–Trinajstić information content (AvgIpc) is 3.33. The standard InChI is InChI=1S/C17H14BrNO5/c18-9-1-3-10(4-2-9)19-14(20)12-11-5-6-17(24-11,13(12)15(19)21)16-22-7-8-23-16/h1-6,11-13,16H,7-8H2/t11-,12+,13-,17-/m1/s1. The Morgan fingerprint density at radius 3 is 2.50 bits per heavy atom. The van der Waals surface area contributed by atoms with Crippen molar-refractivity contribution in [1.82, 2.24) is 0 Å². The van der Waals surface area contributed by atoms with Gasteiger partial charge in [0, 0.05) is 4.47 Å². The lowest BCUT2D eigenvalue weighted by atomic mass is 9.76. The first-order chi connectivity index (χ1) is 11.6. The third kappa shape index (κ3) is 1.75. The van der Waals surface area contributed by atoms with Gasteiger partial charge in [-0.25, -0.2) is 4.90 Å². The van der Waals surface area contributed by atoms with E-state index in [1.165, 1.54) is 4.90 Å². The molecular formula is C17H14BrNO5. The number of nitrogens with zero attached hydrogens (tertiary/aromatic N) is 1. The van der Waals surface area contributed by atoms with Crippen LogP contribution in [-0.2, 0) is 23.8 Å². The van der Waals surface area contributed by atoms with E-state index < -0.39 is 29.8 Å². The van der Waals surface area contributed by atoms with Gasteiger partial charge < -0.3 is 14.2 Å². The smallest absolute Gasteiger partial charge is 0.241 e. The summed E-state index contributed by atoms with van der Waals surface area (Å²) in [7, 11) is 0. The Morgan fingerprint density at radius 1 is 1.08 bits per heavy atom. The van der Waals surface area contributed by atoms with Crippen molar-refractivity contribution >= 4 is 33.4 Å². The minimum Gasteiger partial charge on any atom is -0.357 e. The lowest BCUT2D eigenvalue weighted by Gasteiger charge is -2.32. The van der Waals surface area contributed by atoms with Crippen LogP contribution in [0.2, 0.25) is 0 Å². The largest absolute Gasteiger partial charge is 0.357 e. The third-order valence-corrected chi connectivity index (χ3v) is 5.68. The first-order valence-corrected chi connectivity index (χ1v) is 8.65. The van der Waals surface area contributed by atoms with E-state index in [2.05, 4.69) is 15.9 Å². The fourth-order valence-corrected chi connectivity index (χ4v) is 4.43. The topological polar surface area (TPSA) is 65.1 Å². The molecule has 2 amide bonds. The van der Waals surface area contributed by atoms with Crippen molar-refractivity contribution < 1.29 is 23.8 Å². The van der Waals surface area contributed by atoms with Crippen LogP contribution in [0.1, 0.15) is 0 Å². The summed E-state index contributed by atoms with van der Waals surface area (Å²) in [6.07, 6.45) is 2.64. The number of hydrogen-bond donors (Lipinski definition) is 0. The first-order valence-electron chi connectivity index (χ1n) is 7.85. The molecular weight excluding hydrogens is 378 g/mol. The van der Waals surface area contributed by atoms with E-state index >= 15 is 0 Å².